The smallest absolute Gasteiger partial charge is 0.335 e. The zero-order valence-corrected chi connectivity index (χ0v) is 9.77. The average Bonchev–Trinajstić information content (AvgIpc) is 2.20. The van der Waals surface area contributed by atoms with Crippen LogP contribution in [-0.2, 0) is 4.74 Å². The number of rotatable bonds is 5. The minimum Gasteiger partial charge on any atom is -0.478 e. The van der Waals surface area contributed by atoms with E-state index in [4.69, 9.17) is 21.4 Å². The molecule has 0 amide bonds. The fourth-order valence-corrected chi connectivity index (χ4v) is 2.16. The second-order valence-corrected chi connectivity index (χ2v) is 4.34. The normalized spacial score (nSPS) is 10.3. The molecule has 3 nitrogen and oxygen atoms in total. The Morgan fingerprint density at radius 1 is 1.60 bits per heavy atom. The zero-order chi connectivity index (χ0) is 11.3. The molecule has 82 valence electrons. The van der Waals surface area contributed by atoms with Crippen molar-refractivity contribution in [3.8, 4) is 0 Å². The Morgan fingerprint density at radius 3 is 2.87 bits per heavy atom. The van der Waals surface area contributed by atoms with Gasteiger partial charge in [-0.25, -0.2) is 4.79 Å². The number of methoxy groups -OCH3 is 1. The molecule has 0 aliphatic carbocycles. The Kier molecular flexibility index (Phi) is 4.94. The molecule has 0 spiro atoms. The van der Waals surface area contributed by atoms with Gasteiger partial charge in [0.2, 0.25) is 0 Å². The van der Waals surface area contributed by atoms with E-state index in [-0.39, 0.29) is 5.56 Å². The molecule has 0 unspecified atom stereocenters. The maximum absolute atomic E-state index is 10.6. The lowest BCUT2D eigenvalue weighted by Gasteiger charge is -2.04. The van der Waals surface area contributed by atoms with Crippen LogP contribution in [0.15, 0.2) is 23.1 Å². The van der Waals surface area contributed by atoms with E-state index in [1.54, 1.807) is 31.0 Å². The summed E-state index contributed by atoms with van der Waals surface area (Å²) in [5.74, 6) is -0.173. The first-order valence-electron chi connectivity index (χ1n) is 4.29. The summed E-state index contributed by atoms with van der Waals surface area (Å²) < 4.78 is 4.91. The van der Waals surface area contributed by atoms with Gasteiger partial charge in [0.05, 0.1) is 17.2 Å². The molecule has 1 aromatic rings. The second kappa shape index (κ2) is 6.00. The molecular formula is C10H11ClO3S. The van der Waals surface area contributed by atoms with Crippen LogP contribution < -0.4 is 0 Å². The number of aromatic carboxylic acids is 1. The summed E-state index contributed by atoms with van der Waals surface area (Å²) in [7, 11) is 1.63. The zero-order valence-electron chi connectivity index (χ0n) is 8.20. The van der Waals surface area contributed by atoms with Crippen LogP contribution in [0.2, 0.25) is 5.02 Å². The second-order valence-electron chi connectivity index (χ2n) is 2.79. The summed E-state index contributed by atoms with van der Waals surface area (Å²) in [4.78, 5) is 11.5. The lowest BCUT2D eigenvalue weighted by molar-refractivity contribution is 0.0697. The Labute approximate surface area is 97.4 Å². The molecule has 0 aliphatic rings. The van der Waals surface area contributed by atoms with Crippen LogP contribution in [0.3, 0.4) is 0 Å². The Bertz CT molecular complexity index is 355. The fourth-order valence-electron chi connectivity index (χ4n) is 0.986. The van der Waals surface area contributed by atoms with E-state index < -0.39 is 5.97 Å². The maximum Gasteiger partial charge on any atom is 0.335 e. The van der Waals surface area contributed by atoms with E-state index in [1.807, 2.05) is 0 Å². The van der Waals surface area contributed by atoms with Crippen molar-refractivity contribution in [3.05, 3.63) is 28.8 Å². The lowest BCUT2D eigenvalue weighted by Crippen LogP contribution is -1.96. The Hall–Kier alpha value is -0.710. The molecule has 0 saturated carbocycles. The summed E-state index contributed by atoms with van der Waals surface area (Å²) in [6.45, 7) is 0.641. The van der Waals surface area contributed by atoms with E-state index in [1.165, 1.54) is 6.07 Å². The third-order valence-corrected chi connectivity index (χ3v) is 3.19. The highest BCUT2D eigenvalue weighted by Crippen LogP contribution is 2.27. The third-order valence-electron chi connectivity index (χ3n) is 1.72. The number of halogens is 1. The molecule has 15 heavy (non-hydrogen) atoms. The largest absolute Gasteiger partial charge is 0.478 e. The number of hydrogen-bond donors (Lipinski definition) is 1. The molecule has 0 saturated heterocycles. The van der Waals surface area contributed by atoms with E-state index >= 15 is 0 Å². The number of carboxylic acid groups (broad SMARTS) is 1. The highest BCUT2D eigenvalue weighted by atomic mass is 35.5. The quantitative estimate of drug-likeness (QED) is 0.641. The van der Waals surface area contributed by atoms with Crippen LogP contribution in [0.1, 0.15) is 10.4 Å². The van der Waals surface area contributed by atoms with Gasteiger partial charge in [-0.15, -0.1) is 11.8 Å². The standard InChI is InChI=1S/C10H11ClO3S/c1-14-4-5-15-9-3-2-7(10(12)13)6-8(9)11/h2-3,6H,4-5H2,1H3,(H,12,13). The molecule has 0 radical (unpaired) electrons. The molecule has 0 fully saturated rings. The molecular weight excluding hydrogens is 236 g/mol. The van der Waals surface area contributed by atoms with E-state index in [9.17, 15) is 4.79 Å². The van der Waals surface area contributed by atoms with Crippen molar-refractivity contribution in [1.82, 2.24) is 0 Å². The van der Waals surface area contributed by atoms with Crippen molar-refractivity contribution in [3.63, 3.8) is 0 Å². The first-order valence-corrected chi connectivity index (χ1v) is 5.66. The minimum atomic E-state index is -0.967. The van der Waals surface area contributed by atoms with Crippen LogP contribution in [-0.4, -0.2) is 30.5 Å². The number of carboxylic acids is 1. The van der Waals surface area contributed by atoms with Gasteiger partial charge in [-0.1, -0.05) is 11.6 Å². The average molecular weight is 247 g/mol. The highest BCUT2D eigenvalue weighted by molar-refractivity contribution is 7.99. The lowest BCUT2D eigenvalue weighted by atomic mass is 10.2. The first kappa shape index (κ1) is 12.4. The van der Waals surface area contributed by atoms with E-state index in [0.29, 0.717) is 11.6 Å². The van der Waals surface area contributed by atoms with Crippen molar-refractivity contribution in [2.75, 3.05) is 19.5 Å². The summed E-state index contributed by atoms with van der Waals surface area (Å²) in [5, 5.41) is 9.20. The van der Waals surface area contributed by atoms with Gasteiger partial charge in [0.1, 0.15) is 0 Å². The van der Waals surface area contributed by atoms with Crippen molar-refractivity contribution in [2.45, 2.75) is 4.90 Å². The number of ether oxygens (including phenoxy) is 1. The molecule has 0 heterocycles. The number of hydrogen-bond acceptors (Lipinski definition) is 3. The summed E-state index contributed by atoms with van der Waals surface area (Å²) in [6.07, 6.45) is 0. The first-order chi connectivity index (χ1) is 7.15. The summed E-state index contributed by atoms with van der Waals surface area (Å²) >= 11 is 7.47. The SMILES string of the molecule is COCCSc1ccc(C(=O)O)cc1Cl. The molecule has 0 atom stereocenters. The maximum atomic E-state index is 10.6. The van der Waals surface area contributed by atoms with Gasteiger partial charge in [0, 0.05) is 17.8 Å². The predicted molar refractivity (Wildman–Crippen MR) is 61.0 cm³/mol. The van der Waals surface area contributed by atoms with Crippen molar-refractivity contribution in [1.29, 1.82) is 0 Å². The topological polar surface area (TPSA) is 46.5 Å². The molecule has 0 bridgehead atoms. The van der Waals surface area contributed by atoms with Crippen LogP contribution in [0.25, 0.3) is 0 Å². The molecule has 0 aliphatic heterocycles. The molecule has 1 aromatic carbocycles. The summed E-state index contributed by atoms with van der Waals surface area (Å²) in [6, 6.07) is 4.72. The molecule has 5 heteroatoms. The monoisotopic (exact) mass is 246 g/mol. The fraction of sp³-hybridized carbons (Fsp3) is 0.300. The van der Waals surface area contributed by atoms with Crippen molar-refractivity contribution < 1.29 is 14.6 Å². The van der Waals surface area contributed by atoms with E-state index in [2.05, 4.69) is 0 Å². The molecule has 1 N–H and O–H groups in total. The van der Waals surface area contributed by atoms with Gasteiger partial charge in [-0.2, -0.15) is 0 Å². The number of carbonyl (C=O) groups is 1. The highest BCUT2D eigenvalue weighted by Gasteiger charge is 2.06. The molecule has 0 aromatic heterocycles. The van der Waals surface area contributed by atoms with Gasteiger partial charge in [0.25, 0.3) is 0 Å². The van der Waals surface area contributed by atoms with Crippen molar-refractivity contribution >= 4 is 29.3 Å². The Morgan fingerprint density at radius 2 is 2.33 bits per heavy atom. The van der Waals surface area contributed by atoms with E-state index in [0.717, 1.165) is 10.6 Å². The minimum absolute atomic E-state index is 0.205. The number of thioether (sulfide) groups is 1. The van der Waals surface area contributed by atoms with Gasteiger partial charge < -0.3 is 9.84 Å². The number of benzene rings is 1. The summed E-state index contributed by atoms with van der Waals surface area (Å²) in [5.41, 5.74) is 0.205. The van der Waals surface area contributed by atoms with Gasteiger partial charge in [-0.05, 0) is 18.2 Å². The van der Waals surface area contributed by atoms with Crippen molar-refractivity contribution in [2.24, 2.45) is 0 Å². The van der Waals surface area contributed by atoms with Crippen LogP contribution >= 0.6 is 23.4 Å². The van der Waals surface area contributed by atoms with Crippen LogP contribution in [0.5, 0.6) is 0 Å². The van der Waals surface area contributed by atoms with Gasteiger partial charge in [-0.3, -0.25) is 0 Å². The van der Waals surface area contributed by atoms with Crippen LogP contribution in [0.4, 0.5) is 0 Å². The Balaban J connectivity index is 2.70. The predicted octanol–water partition coefficient (Wildman–Crippen LogP) is 2.78. The van der Waals surface area contributed by atoms with Gasteiger partial charge >= 0.3 is 5.97 Å². The van der Waals surface area contributed by atoms with Gasteiger partial charge in [0.15, 0.2) is 0 Å². The van der Waals surface area contributed by atoms with Crippen LogP contribution in [0, 0.1) is 0 Å². The molecule has 1 rings (SSSR count). The third kappa shape index (κ3) is 3.74.